The van der Waals surface area contributed by atoms with Crippen LogP contribution in [-0.2, 0) is 0 Å². The van der Waals surface area contributed by atoms with Crippen LogP contribution in [0.2, 0.25) is 0 Å². The van der Waals surface area contributed by atoms with Crippen molar-refractivity contribution >= 4 is 22.4 Å². The minimum atomic E-state index is -0.430. The summed E-state index contributed by atoms with van der Waals surface area (Å²) in [5.41, 5.74) is 0. The highest BCUT2D eigenvalue weighted by molar-refractivity contribution is 7.16. The third-order valence-electron chi connectivity index (χ3n) is 2.64. The van der Waals surface area contributed by atoms with E-state index in [-0.39, 0.29) is 0 Å². The predicted octanol–water partition coefficient (Wildman–Crippen LogP) is 2.99. The summed E-state index contributed by atoms with van der Waals surface area (Å²) in [6.45, 7) is 2.22. The highest BCUT2D eigenvalue weighted by Crippen LogP contribution is 2.29. The lowest BCUT2D eigenvalue weighted by molar-refractivity contribution is -0.400. The average molecular weight is 238 g/mol. The third kappa shape index (κ3) is 2.82. The fourth-order valence-electron chi connectivity index (χ4n) is 1.85. The molecule has 0 amide bonds. The summed E-state index contributed by atoms with van der Waals surface area (Å²) in [6.07, 6.45) is 6.36. The number of hydrogen-bond donors (Lipinski definition) is 0. The lowest BCUT2D eigenvalue weighted by Gasteiger charge is -2.27. The van der Waals surface area contributed by atoms with Gasteiger partial charge in [0.15, 0.2) is 0 Å². The van der Waals surface area contributed by atoms with E-state index in [4.69, 9.17) is 0 Å². The van der Waals surface area contributed by atoms with E-state index in [0.29, 0.717) is 0 Å². The molecular weight excluding hydrogens is 224 g/mol. The van der Waals surface area contributed by atoms with Crippen LogP contribution in [0.25, 0.3) is 6.08 Å². The molecule has 1 aliphatic rings. The number of hydrogen-bond acceptors (Lipinski definition) is 4. The second kappa shape index (κ2) is 5.12. The molecule has 86 valence electrons. The Morgan fingerprint density at radius 1 is 1.31 bits per heavy atom. The van der Waals surface area contributed by atoms with Gasteiger partial charge in [-0.05, 0) is 31.4 Å². The largest absolute Gasteiger partial charge is 0.363 e. The van der Waals surface area contributed by atoms with Crippen LogP contribution >= 0.6 is 11.3 Å². The van der Waals surface area contributed by atoms with Crippen LogP contribution in [0.3, 0.4) is 0 Å². The molecule has 2 heterocycles. The van der Waals surface area contributed by atoms with E-state index in [2.05, 4.69) is 11.0 Å². The van der Waals surface area contributed by atoms with Gasteiger partial charge < -0.3 is 4.90 Å². The summed E-state index contributed by atoms with van der Waals surface area (Å²) in [5.74, 6) is 0. The summed E-state index contributed by atoms with van der Waals surface area (Å²) in [4.78, 5) is 13.1. The first-order valence-electron chi connectivity index (χ1n) is 5.42. The van der Waals surface area contributed by atoms with E-state index in [0.717, 1.165) is 24.2 Å². The van der Waals surface area contributed by atoms with Crippen molar-refractivity contribution in [1.82, 2.24) is 0 Å². The fourth-order valence-corrected chi connectivity index (χ4v) is 2.80. The van der Waals surface area contributed by atoms with Crippen molar-refractivity contribution in [3.05, 3.63) is 33.3 Å². The SMILES string of the molecule is O=[N+]([O-])/C=C/c1ccc(N2CCCCC2)s1. The van der Waals surface area contributed by atoms with Gasteiger partial charge in [-0.3, -0.25) is 10.1 Å². The van der Waals surface area contributed by atoms with E-state index in [1.807, 2.05) is 6.07 Å². The Kier molecular flexibility index (Phi) is 3.56. The molecule has 1 aliphatic heterocycles. The van der Waals surface area contributed by atoms with Gasteiger partial charge >= 0.3 is 0 Å². The average Bonchev–Trinajstić information content (AvgIpc) is 2.76. The maximum absolute atomic E-state index is 10.2. The first-order valence-corrected chi connectivity index (χ1v) is 6.24. The Labute approximate surface area is 98.3 Å². The van der Waals surface area contributed by atoms with Gasteiger partial charge in [0.1, 0.15) is 0 Å². The molecule has 5 heteroatoms. The van der Waals surface area contributed by atoms with Gasteiger partial charge in [-0.15, -0.1) is 11.3 Å². The molecule has 1 aromatic heterocycles. The highest BCUT2D eigenvalue weighted by atomic mass is 32.1. The van der Waals surface area contributed by atoms with Gasteiger partial charge in [-0.25, -0.2) is 0 Å². The molecule has 0 bridgehead atoms. The van der Waals surface area contributed by atoms with E-state index < -0.39 is 4.92 Å². The molecule has 16 heavy (non-hydrogen) atoms. The third-order valence-corrected chi connectivity index (χ3v) is 3.75. The molecule has 4 nitrogen and oxygen atoms in total. The van der Waals surface area contributed by atoms with Crippen molar-refractivity contribution in [2.75, 3.05) is 18.0 Å². The van der Waals surface area contributed by atoms with Crippen LogP contribution in [0.5, 0.6) is 0 Å². The zero-order chi connectivity index (χ0) is 11.4. The van der Waals surface area contributed by atoms with Crippen molar-refractivity contribution < 1.29 is 4.92 Å². The minimum Gasteiger partial charge on any atom is -0.363 e. The molecule has 2 rings (SSSR count). The van der Waals surface area contributed by atoms with Gasteiger partial charge in [0.25, 0.3) is 0 Å². The van der Waals surface area contributed by atoms with Gasteiger partial charge in [-0.1, -0.05) is 0 Å². The molecular formula is C11H14N2O2S. The van der Waals surface area contributed by atoms with E-state index in [1.165, 1.54) is 24.3 Å². The topological polar surface area (TPSA) is 46.4 Å². The normalized spacial score (nSPS) is 16.9. The quantitative estimate of drug-likeness (QED) is 0.600. The van der Waals surface area contributed by atoms with Gasteiger partial charge in [-0.2, -0.15) is 0 Å². The van der Waals surface area contributed by atoms with Gasteiger partial charge in [0.05, 0.1) is 9.92 Å². The van der Waals surface area contributed by atoms with Crippen LogP contribution in [0.4, 0.5) is 5.00 Å². The fraction of sp³-hybridized carbons (Fsp3) is 0.455. The number of piperidine rings is 1. The summed E-state index contributed by atoms with van der Waals surface area (Å²) < 4.78 is 0. The Morgan fingerprint density at radius 3 is 2.75 bits per heavy atom. The second-order valence-electron chi connectivity index (χ2n) is 3.82. The summed E-state index contributed by atoms with van der Waals surface area (Å²) >= 11 is 1.62. The molecule has 0 unspecified atom stereocenters. The summed E-state index contributed by atoms with van der Waals surface area (Å²) in [6, 6.07) is 3.99. The number of thiophene rings is 1. The van der Waals surface area contributed by atoms with E-state index in [9.17, 15) is 10.1 Å². The molecule has 1 saturated heterocycles. The Balaban J connectivity index is 2.03. The number of nitro groups is 1. The number of anilines is 1. The molecule has 0 spiro atoms. The molecule has 0 radical (unpaired) electrons. The van der Waals surface area contributed by atoms with Crippen LogP contribution in [0.15, 0.2) is 18.3 Å². The van der Waals surface area contributed by atoms with E-state index >= 15 is 0 Å². The molecule has 1 aromatic rings. The van der Waals surface area contributed by atoms with Crippen molar-refractivity contribution in [2.45, 2.75) is 19.3 Å². The Bertz CT molecular complexity index is 394. The first-order chi connectivity index (χ1) is 7.75. The molecule has 1 fully saturated rings. The van der Waals surface area contributed by atoms with Crippen LogP contribution in [0.1, 0.15) is 24.1 Å². The molecule has 0 aromatic carbocycles. The smallest absolute Gasteiger partial charge is 0.235 e. The Morgan fingerprint density at radius 2 is 2.06 bits per heavy atom. The monoisotopic (exact) mass is 238 g/mol. The van der Waals surface area contributed by atoms with Crippen LogP contribution < -0.4 is 4.90 Å². The van der Waals surface area contributed by atoms with Crippen LogP contribution in [-0.4, -0.2) is 18.0 Å². The lowest BCUT2D eigenvalue weighted by atomic mass is 10.1. The van der Waals surface area contributed by atoms with Crippen LogP contribution in [0, 0.1) is 10.1 Å². The lowest BCUT2D eigenvalue weighted by Crippen LogP contribution is -2.28. The van der Waals surface area contributed by atoms with Crippen molar-refractivity contribution in [2.24, 2.45) is 0 Å². The molecule has 0 saturated carbocycles. The standard InChI is InChI=1S/C11H14N2O2S/c14-13(15)9-6-10-4-5-11(16-10)12-7-2-1-3-8-12/h4-6,9H,1-3,7-8H2/b9-6+. The van der Waals surface area contributed by atoms with E-state index in [1.54, 1.807) is 17.4 Å². The maximum atomic E-state index is 10.2. The zero-order valence-electron chi connectivity index (χ0n) is 8.96. The maximum Gasteiger partial charge on any atom is 0.235 e. The minimum absolute atomic E-state index is 0.430. The molecule has 0 atom stereocenters. The van der Waals surface area contributed by atoms with Crippen molar-refractivity contribution in [1.29, 1.82) is 0 Å². The highest BCUT2D eigenvalue weighted by Gasteiger charge is 2.12. The first kappa shape index (κ1) is 11.1. The summed E-state index contributed by atoms with van der Waals surface area (Å²) in [7, 11) is 0. The molecule has 0 N–H and O–H groups in total. The zero-order valence-corrected chi connectivity index (χ0v) is 9.78. The molecule has 0 aliphatic carbocycles. The van der Waals surface area contributed by atoms with Gasteiger partial charge in [0, 0.05) is 24.0 Å². The number of nitrogens with zero attached hydrogens (tertiary/aromatic N) is 2. The van der Waals surface area contributed by atoms with Gasteiger partial charge in [0.2, 0.25) is 6.20 Å². The van der Waals surface area contributed by atoms with Crippen molar-refractivity contribution in [3.63, 3.8) is 0 Å². The number of rotatable bonds is 3. The Hall–Kier alpha value is -1.36. The summed E-state index contributed by atoms with van der Waals surface area (Å²) in [5, 5.41) is 11.4. The van der Waals surface area contributed by atoms with Crippen molar-refractivity contribution in [3.8, 4) is 0 Å². The predicted molar refractivity (Wildman–Crippen MR) is 66.4 cm³/mol. The second-order valence-corrected chi connectivity index (χ2v) is 4.92.